The molecule has 1 aromatic rings. The fraction of sp³-hybridized carbons (Fsp3) is 0.571. The highest BCUT2D eigenvalue weighted by Gasteiger charge is 2.10. The van der Waals surface area contributed by atoms with Gasteiger partial charge in [0.1, 0.15) is 11.2 Å². The van der Waals surface area contributed by atoms with Crippen molar-refractivity contribution in [3.8, 4) is 5.75 Å². The van der Waals surface area contributed by atoms with E-state index in [1.807, 2.05) is 26.8 Å². The van der Waals surface area contributed by atoms with Crippen molar-refractivity contribution in [2.75, 3.05) is 20.3 Å². The molecule has 0 aliphatic carbocycles. The molecule has 0 bridgehead atoms. The maximum atomic E-state index is 5.67. The minimum absolute atomic E-state index is 0.127. The van der Waals surface area contributed by atoms with Gasteiger partial charge in [-0.15, -0.1) is 0 Å². The lowest BCUT2D eigenvalue weighted by Crippen LogP contribution is -2.03. The van der Waals surface area contributed by atoms with Crippen molar-refractivity contribution in [3.63, 3.8) is 0 Å². The number of benzene rings is 1. The van der Waals surface area contributed by atoms with Gasteiger partial charge in [-0.3, -0.25) is 0 Å². The Balaban J connectivity index is 2.81. The molecule has 18 heavy (non-hydrogen) atoms. The summed E-state index contributed by atoms with van der Waals surface area (Å²) in [6.07, 6.45) is 0. The molecule has 1 aromatic carbocycles. The van der Waals surface area contributed by atoms with E-state index in [2.05, 4.69) is 12.1 Å². The minimum atomic E-state index is 0.127. The highest BCUT2D eigenvalue weighted by Crippen LogP contribution is 2.33. The van der Waals surface area contributed by atoms with Crippen molar-refractivity contribution >= 4 is 11.8 Å². The van der Waals surface area contributed by atoms with Crippen molar-refractivity contribution in [2.24, 2.45) is 0 Å². The van der Waals surface area contributed by atoms with Gasteiger partial charge in [0.2, 0.25) is 0 Å². The predicted octanol–water partition coefficient (Wildman–Crippen LogP) is 3.71. The summed E-state index contributed by atoms with van der Waals surface area (Å²) in [7, 11) is 1.69. The third-order valence-corrected chi connectivity index (χ3v) is 3.37. The number of thioether (sulfide) groups is 1. The van der Waals surface area contributed by atoms with Gasteiger partial charge in [0.25, 0.3) is 0 Å². The first-order valence-corrected chi connectivity index (χ1v) is 7.12. The van der Waals surface area contributed by atoms with Crippen LogP contribution < -0.4 is 4.74 Å². The summed E-state index contributed by atoms with van der Waals surface area (Å²) in [6.45, 7) is 8.03. The van der Waals surface area contributed by atoms with E-state index < -0.39 is 0 Å². The van der Waals surface area contributed by atoms with E-state index in [-0.39, 0.29) is 5.44 Å². The van der Waals surface area contributed by atoms with Crippen LogP contribution in [-0.2, 0) is 16.1 Å². The van der Waals surface area contributed by atoms with Crippen LogP contribution in [0.4, 0.5) is 0 Å². The SMILES string of the molecule is CCOc1cc(COC)ccc1SC(C)OCC. The maximum absolute atomic E-state index is 5.67. The Morgan fingerprint density at radius 1 is 1.22 bits per heavy atom. The fourth-order valence-electron chi connectivity index (χ4n) is 1.62. The molecule has 0 fully saturated rings. The lowest BCUT2D eigenvalue weighted by atomic mass is 10.2. The van der Waals surface area contributed by atoms with E-state index >= 15 is 0 Å². The van der Waals surface area contributed by atoms with Gasteiger partial charge in [-0.05, 0) is 38.5 Å². The molecule has 0 saturated heterocycles. The highest BCUT2D eigenvalue weighted by molar-refractivity contribution is 7.99. The molecule has 0 heterocycles. The summed E-state index contributed by atoms with van der Waals surface area (Å²) in [5.74, 6) is 0.906. The van der Waals surface area contributed by atoms with Crippen molar-refractivity contribution < 1.29 is 14.2 Å². The summed E-state index contributed by atoms with van der Waals surface area (Å²) in [6, 6.07) is 6.17. The number of methoxy groups -OCH3 is 1. The third-order valence-electron chi connectivity index (χ3n) is 2.31. The van der Waals surface area contributed by atoms with E-state index in [0.717, 1.165) is 22.8 Å². The van der Waals surface area contributed by atoms with E-state index in [4.69, 9.17) is 14.2 Å². The molecule has 0 aromatic heterocycles. The van der Waals surface area contributed by atoms with Crippen molar-refractivity contribution in [2.45, 2.75) is 37.7 Å². The van der Waals surface area contributed by atoms with Gasteiger partial charge in [-0.2, -0.15) is 0 Å². The largest absolute Gasteiger partial charge is 0.493 e. The van der Waals surface area contributed by atoms with Gasteiger partial charge in [-0.25, -0.2) is 0 Å². The average molecular weight is 270 g/mol. The van der Waals surface area contributed by atoms with Crippen LogP contribution in [-0.4, -0.2) is 25.8 Å². The van der Waals surface area contributed by atoms with Crippen molar-refractivity contribution in [1.82, 2.24) is 0 Å². The first-order chi connectivity index (χ1) is 8.71. The molecule has 0 amide bonds. The van der Waals surface area contributed by atoms with Crippen molar-refractivity contribution in [3.05, 3.63) is 23.8 Å². The Kier molecular flexibility index (Phi) is 7.16. The molecule has 4 heteroatoms. The van der Waals surface area contributed by atoms with E-state index in [1.54, 1.807) is 18.9 Å². The van der Waals surface area contributed by atoms with Gasteiger partial charge >= 0.3 is 0 Å². The zero-order valence-corrected chi connectivity index (χ0v) is 12.4. The molecule has 0 saturated carbocycles. The summed E-state index contributed by atoms with van der Waals surface area (Å²) in [4.78, 5) is 1.11. The van der Waals surface area contributed by atoms with E-state index in [1.165, 1.54) is 0 Å². The Hall–Kier alpha value is -0.710. The van der Waals surface area contributed by atoms with E-state index in [9.17, 15) is 0 Å². The quantitative estimate of drug-likeness (QED) is 0.532. The zero-order chi connectivity index (χ0) is 13.4. The highest BCUT2D eigenvalue weighted by atomic mass is 32.2. The molecular formula is C14H22O3S. The molecule has 102 valence electrons. The molecule has 3 nitrogen and oxygen atoms in total. The topological polar surface area (TPSA) is 27.7 Å². The second-order valence-corrected chi connectivity index (χ2v) is 5.13. The second kappa shape index (κ2) is 8.40. The smallest absolute Gasteiger partial charge is 0.133 e. The van der Waals surface area contributed by atoms with Crippen LogP contribution in [0.25, 0.3) is 0 Å². The number of hydrogen-bond donors (Lipinski definition) is 0. The lowest BCUT2D eigenvalue weighted by Gasteiger charge is -2.15. The Labute approximate surface area is 114 Å². The summed E-state index contributed by atoms with van der Waals surface area (Å²) in [5, 5.41) is 0. The van der Waals surface area contributed by atoms with Crippen LogP contribution in [0.2, 0.25) is 0 Å². The van der Waals surface area contributed by atoms with Crippen LogP contribution in [0.5, 0.6) is 5.75 Å². The van der Waals surface area contributed by atoms with Crippen molar-refractivity contribution in [1.29, 1.82) is 0 Å². The van der Waals surface area contributed by atoms with Gasteiger partial charge in [-0.1, -0.05) is 17.8 Å². The molecule has 0 aliphatic rings. The van der Waals surface area contributed by atoms with E-state index in [0.29, 0.717) is 13.2 Å². The Morgan fingerprint density at radius 2 is 2.00 bits per heavy atom. The Morgan fingerprint density at radius 3 is 2.61 bits per heavy atom. The standard InChI is InChI=1S/C14H22O3S/c1-5-16-11(3)18-14-8-7-12(10-15-4)9-13(14)17-6-2/h7-9,11H,5-6,10H2,1-4H3. The van der Waals surface area contributed by atoms with Crippen LogP contribution >= 0.6 is 11.8 Å². The van der Waals surface area contributed by atoms with Crippen LogP contribution in [0, 0.1) is 0 Å². The number of hydrogen-bond acceptors (Lipinski definition) is 4. The number of rotatable bonds is 8. The van der Waals surface area contributed by atoms with Gasteiger partial charge in [0.15, 0.2) is 0 Å². The van der Waals surface area contributed by atoms with Crippen LogP contribution in [0.15, 0.2) is 23.1 Å². The summed E-state index contributed by atoms with van der Waals surface area (Å²) in [5.41, 5.74) is 1.25. The molecule has 0 aliphatic heterocycles. The van der Waals surface area contributed by atoms with Gasteiger partial charge in [0.05, 0.1) is 18.1 Å². The maximum Gasteiger partial charge on any atom is 0.133 e. The normalized spacial score (nSPS) is 12.4. The van der Waals surface area contributed by atoms with Gasteiger partial charge < -0.3 is 14.2 Å². The molecule has 0 N–H and O–H groups in total. The van der Waals surface area contributed by atoms with Crippen LogP contribution in [0.3, 0.4) is 0 Å². The first-order valence-electron chi connectivity index (χ1n) is 6.24. The average Bonchev–Trinajstić information content (AvgIpc) is 2.33. The third kappa shape index (κ3) is 4.88. The first kappa shape index (κ1) is 15.3. The summed E-state index contributed by atoms with van der Waals surface area (Å²) >= 11 is 1.67. The fourth-order valence-corrected chi connectivity index (χ4v) is 2.56. The molecule has 1 atom stereocenters. The molecular weight excluding hydrogens is 248 g/mol. The predicted molar refractivity (Wildman–Crippen MR) is 75.3 cm³/mol. The zero-order valence-electron chi connectivity index (χ0n) is 11.6. The monoisotopic (exact) mass is 270 g/mol. The molecule has 1 unspecified atom stereocenters. The Bertz CT molecular complexity index is 355. The minimum Gasteiger partial charge on any atom is -0.493 e. The van der Waals surface area contributed by atoms with Gasteiger partial charge in [0, 0.05) is 13.7 Å². The second-order valence-electron chi connectivity index (χ2n) is 3.79. The summed E-state index contributed by atoms with van der Waals surface area (Å²) < 4.78 is 16.3. The molecule has 0 spiro atoms. The van der Waals surface area contributed by atoms with Crippen LogP contribution in [0.1, 0.15) is 26.3 Å². The molecule has 1 rings (SSSR count). The number of ether oxygens (including phenoxy) is 3. The molecule has 0 radical (unpaired) electrons. The lowest BCUT2D eigenvalue weighted by molar-refractivity contribution is 0.137.